The van der Waals surface area contributed by atoms with Gasteiger partial charge in [0.25, 0.3) is 0 Å². The van der Waals surface area contributed by atoms with Crippen LogP contribution in [0, 0.1) is 6.92 Å². The van der Waals surface area contributed by atoms with Gasteiger partial charge in [0.1, 0.15) is 5.76 Å². The van der Waals surface area contributed by atoms with Crippen LogP contribution < -0.4 is 10.0 Å². The zero-order valence-corrected chi connectivity index (χ0v) is 14.9. The van der Waals surface area contributed by atoms with E-state index in [1.165, 1.54) is 5.56 Å². The zero-order valence-electron chi connectivity index (χ0n) is 14.0. The minimum atomic E-state index is -3.62. The lowest BCUT2D eigenvalue weighted by Crippen LogP contribution is -2.28. The molecule has 1 aliphatic carbocycles. The number of nitrogens with one attached hydrogen (secondary N) is 2. The molecule has 1 aromatic carbocycles. The van der Waals surface area contributed by atoms with E-state index in [1.807, 2.05) is 6.07 Å². The number of hydrogen-bond acceptors (Lipinski definition) is 5. The average molecular weight is 363 g/mol. The SMILES string of the molecule is Cc1cc(NC(=O)CCNS(=O)(=O)c2ccc3c(c2)CCCC3)no1. The third kappa shape index (κ3) is 4.46. The lowest BCUT2D eigenvalue weighted by atomic mass is 9.92. The van der Waals surface area contributed by atoms with Crippen LogP contribution in [-0.4, -0.2) is 26.0 Å². The van der Waals surface area contributed by atoms with Crippen LogP contribution in [0.25, 0.3) is 0 Å². The van der Waals surface area contributed by atoms with E-state index in [2.05, 4.69) is 15.2 Å². The number of amides is 1. The van der Waals surface area contributed by atoms with Crippen molar-refractivity contribution in [2.45, 2.75) is 43.9 Å². The molecule has 1 amide bonds. The fourth-order valence-electron chi connectivity index (χ4n) is 2.89. The van der Waals surface area contributed by atoms with Gasteiger partial charge >= 0.3 is 0 Å². The van der Waals surface area contributed by atoms with Crippen molar-refractivity contribution in [2.24, 2.45) is 0 Å². The summed E-state index contributed by atoms with van der Waals surface area (Å²) in [7, 11) is -3.62. The standard InChI is InChI=1S/C17H21N3O4S/c1-12-10-16(20-24-12)19-17(21)8-9-18-25(22,23)15-7-6-13-4-2-3-5-14(13)11-15/h6-7,10-11,18H,2-5,8-9H2,1H3,(H,19,20,21). The molecule has 25 heavy (non-hydrogen) atoms. The van der Waals surface area contributed by atoms with Crippen molar-refractivity contribution in [2.75, 3.05) is 11.9 Å². The molecule has 1 aromatic heterocycles. The number of aromatic nitrogens is 1. The highest BCUT2D eigenvalue weighted by Gasteiger charge is 2.18. The quantitative estimate of drug-likeness (QED) is 0.819. The topological polar surface area (TPSA) is 101 Å². The summed E-state index contributed by atoms with van der Waals surface area (Å²) in [4.78, 5) is 12.1. The highest BCUT2D eigenvalue weighted by atomic mass is 32.2. The Morgan fingerprint density at radius 1 is 1.20 bits per heavy atom. The van der Waals surface area contributed by atoms with Crippen molar-refractivity contribution in [1.29, 1.82) is 0 Å². The number of hydrogen-bond donors (Lipinski definition) is 2. The molecule has 0 radical (unpaired) electrons. The minimum Gasteiger partial charge on any atom is -0.360 e. The van der Waals surface area contributed by atoms with Gasteiger partial charge in [0, 0.05) is 19.0 Å². The maximum atomic E-state index is 12.4. The maximum absolute atomic E-state index is 12.4. The molecular formula is C17H21N3O4S. The number of benzene rings is 1. The first-order valence-electron chi connectivity index (χ1n) is 8.29. The first-order valence-corrected chi connectivity index (χ1v) is 9.77. The van der Waals surface area contributed by atoms with E-state index in [1.54, 1.807) is 25.1 Å². The summed E-state index contributed by atoms with van der Waals surface area (Å²) < 4.78 is 32.1. The van der Waals surface area contributed by atoms with Crippen molar-refractivity contribution in [3.8, 4) is 0 Å². The number of sulfonamides is 1. The second-order valence-electron chi connectivity index (χ2n) is 6.16. The Morgan fingerprint density at radius 2 is 1.96 bits per heavy atom. The molecule has 1 aliphatic rings. The van der Waals surface area contributed by atoms with Gasteiger partial charge in [-0.25, -0.2) is 13.1 Å². The lowest BCUT2D eigenvalue weighted by Gasteiger charge is -2.16. The molecule has 134 valence electrons. The third-order valence-electron chi connectivity index (χ3n) is 4.17. The van der Waals surface area contributed by atoms with Crippen molar-refractivity contribution in [3.63, 3.8) is 0 Å². The predicted molar refractivity (Wildman–Crippen MR) is 92.8 cm³/mol. The molecule has 1 heterocycles. The van der Waals surface area contributed by atoms with Crippen molar-refractivity contribution in [3.05, 3.63) is 41.2 Å². The fraction of sp³-hybridized carbons (Fsp3) is 0.412. The molecule has 0 atom stereocenters. The van der Waals surface area contributed by atoms with E-state index in [9.17, 15) is 13.2 Å². The summed E-state index contributed by atoms with van der Waals surface area (Å²) in [6.45, 7) is 1.73. The maximum Gasteiger partial charge on any atom is 0.240 e. The number of fused-ring (bicyclic) bond motifs is 1. The number of nitrogens with zero attached hydrogens (tertiary/aromatic N) is 1. The Bertz CT molecular complexity index is 874. The molecule has 0 aliphatic heterocycles. The van der Waals surface area contributed by atoms with Gasteiger partial charge in [0.15, 0.2) is 5.82 Å². The van der Waals surface area contributed by atoms with Gasteiger partial charge in [0.05, 0.1) is 4.90 Å². The smallest absolute Gasteiger partial charge is 0.240 e. The molecule has 8 heteroatoms. The van der Waals surface area contributed by atoms with Gasteiger partial charge in [-0.05, 0) is 55.9 Å². The van der Waals surface area contributed by atoms with Crippen LogP contribution in [0.4, 0.5) is 5.82 Å². The number of anilines is 1. The number of aryl methyl sites for hydroxylation is 3. The molecule has 0 fully saturated rings. The summed E-state index contributed by atoms with van der Waals surface area (Å²) >= 11 is 0. The molecule has 2 aromatic rings. The normalized spacial score (nSPS) is 14.1. The lowest BCUT2D eigenvalue weighted by molar-refractivity contribution is -0.116. The van der Waals surface area contributed by atoms with Crippen molar-refractivity contribution in [1.82, 2.24) is 9.88 Å². The van der Waals surface area contributed by atoms with Crippen LogP contribution in [0.15, 0.2) is 33.7 Å². The molecule has 7 nitrogen and oxygen atoms in total. The molecule has 0 unspecified atom stereocenters. The van der Waals surface area contributed by atoms with E-state index in [4.69, 9.17) is 4.52 Å². The molecule has 0 bridgehead atoms. The number of rotatable bonds is 6. The van der Waals surface area contributed by atoms with Crippen molar-refractivity contribution >= 4 is 21.7 Å². The summed E-state index contributed by atoms with van der Waals surface area (Å²) in [6.07, 6.45) is 4.17. The third-order valence-corrected chi connectivity index (χ3v) is 5.63. The average Bonchev–Trinajstić information content (AvgIpc) is 2.99. The van der Waals surface area contributed by atoms with E-state index in [0.717, 1.165) is 31.2 Å². The van der Waals surface area contributed by atoms with Crippen LogP contribution in [-0.2, 0) is 27.7 Å². The van der Waals surface area contributed by atoms with Crippen LogP contribution in [0.2, 0.25) is 0 Å². The molecule has 0 saturated carbocycles. The van der Waals surface area contributed by atoms with Crippen LogP contribution >= 0.6 is 0 Å². The molecule has 0 spiro atoms. The highest BCUT2D eigenvalue weighted by Crippen LogP contribution is 2.24. The molecule has 0 saturated heterocycles. The first-order chi connectivity index (χ1) is 11.9. The predicted octanol–water partition coefficient (Wildman–Crippen LogP) is 2.17. The van der Waals surface area contributed by atoms with E-state index in [-0.39, 0.29) is 23.8 Å². The van der Waals surface area contributed by atoms with Gasteiger partial charge in [-0.2, -0.15) is 0 Å². The van der Waals surface area contributed by atoms with Crippen LogP contribution in [0.1, 0.15) is 36.1 Å². The first kappa shape index (κ1) is 17.6. The highest BCUT2D eigenvalue weighted by molar-refractivity contribution is 7.89. The Labute approximate surface area is 146 Å². The minimum absolute atomic E-state index is 0.01000. The Balaban J connectivity index is 1.55. The second-order valence-corrected chi connectivity index (χ2v) is 7.92. The summed E-state index contributed by atoms with van der Waals surface area (Å²) in [5.74, 6) is 0.574. The number of carbonyl (C=O) groups excluding carboxylic acids is 1. The monoisotopic (exact) mass is 363 g/mol. The Morgan fingerprint density at radius 3 is 2.68 bits per heavy atom. The summed E-state index contributed by atoms with van der Waals surface area (Å²) in [5, 5.41) is 6.21. The van der Waals surface area contributed by atoms with Gasteiger partial charge in [-0.15, -0.1) is 0 Å². The Hall–Kier alpha value is -2.19. The molecular weight excluding hydrogens is 342 g/mol. The fourth-order valence-corrected chi connectivity index (χ4v) is 3.97. The number of carbonyl (C=O) groups is 1. The van der Waals surface area contributed by atoms with Gasteiger partial charge in [0.2, 0.25) is 15.9 Å². The van der Waals surface area contributed by atoms with Crippen LogP contribution in [0.3, 0.4) is 0 Å². The van der Waals surface area contributed by atoms with Crippen LogP contribution in [0.5, 0.6) is 0 Å². The molecule has 3 rings (SSSR count). The van der Waals surface area contributed by atoms with Gasteiger partial charge < -0.3 is 9.84 Å². The van der Waals surface area contributed by atoms with Crippen molar-refractivity contribution < 1.29 is 17.7 Å². The van der Waals surface area contributed by atoms with Gasteiger partial charge in [-0.3, -0.25) is 4.79 Å². The van der Waals surface area contributed by atoms with Gasteiger partial charge in [-0.1, -0.05) is 11.2 Å². The van der Waals surface area contributed by atoms with E-state index in [0.29, 0.717) is 11.6 Å². The van der Waals surface area contributed by atoms with E-state index >= 15 is 0 Å². The summed E-state index contributed by atoms with van der Waals surface area (Å²) in [6, 6.07) is 6.86. The Kier molecular flexibility index (Phi) is 5.19. The molecule has 2 N–H and O–H groups in total. The summed E-state index contributed by atoms with van der Waals surface area (Å²) in [5.41, 5.74) is 2.33. The zero-order chi connectivity index (χ0) is 17.9. The largest absolute Gasteiger partial charge is 0.360 e. The second kappa shape index (κ2) is 7.37. The van der Waals surface area contributed by atoms with E-state index < -0.39 is 10.0 Å².